The maximum absolute atomic E-state index is 8.83. The summed E-state index contributed by atoms with van der Waals surface area (Å²) >= 11 is 3.38. The van der Waals surface area contributed by atoms with Gasteiger partial charge >= 0.3 is 0 Å². The van der Waals surface area contributed by atoms with Crippen molar-refractivity contribution in [2.75, 3.05) is 20.7 Å². The Balaban J connectivity index is 3.00. The molecule has 1 rings (SSSR count). The molecule has 0 aliphatic heterocycles. The summed E-state index contributed by atoms with van der Waals surface area (Å²) < 4.78 is 6.55. The highest BCUT2D eigenvalue weighted by molar-refractivity contribution is 9.10. The number of nitrogens with two attached hydrogens (primary N) is 1. The molecule has 19 heavy (non-hydrogen) atoms. The molecule has 5 nitrogen and oxygen atoms in total. The molecule has 0 saturated heterocycles. The lowest BCUT2D eigenvalue weighted by atomic mass is 10.1. The molecule has 1 aromatic carbocycles. The van der Waals surface area contributed by atoms with Crippen molar-refractivity contribution in [3.63, 3.8) is 0 Å². The zero-order chi connectivity index (χ0) is 14.6. The first-order valence-electron chi connectivity index (χ1n) is 5.86. The fraction of sp³-hybridized carbons (Fsp3) is 0.462. The minimum Gasteiger partial charge on any atom is -0.491 e. The van der Waals surface area contributed by atoms with Crippen molar-refractivity contribution in [2.24, 2.45) is 10.9 Å². The lowest BCUT2D eigenvalue weighted by molar-refractivity contribution is 0.114. The van der Waals surface area contributed by atoms with Gasteiger partial charge in [0.2, 0.25) is 0 Å². The number of likely N-dealkylation sites (N-methyl/N-ethyl adjacent to an activating group) is 1. The summed E-state index contributed by atoms with van der Waals surface area (Å²) in [5.41, 5.74) is 6.11. The number of hydrogen-bond donors (Lipinski definition) is 2. The number of ether oxygens (including phenoxy) is 1. The van der Waals surface area contributed by atoms with Crippen LogP contribution in [0.25, 0.3) is 0 Å². The van der Waals surface area contributed by atoms with Crippen molar-refractivity contribution in [1.82, 2.24) is 4.90 Å². The third-order valence-electron chi connectivity index (χ3n) is 3.13. The van der Waals surface area contributed by atoms with E-state index in [9.17, 15) is 0 Å². The van der Waals surface area contributed by atoms with E-state index >= 15 is 0 Å². The summed E-state index contributed by atoms with van der Waals surface area (Å²) in [6.45, 7) is 4.64. The van der Waals surface area contributed by atoms with Crippen molar-refractivity contribution in [1.29, 1.82) is 0 Å². The van der Waals surface area contributed by atoms with Crippen LogP contribution in [0.15, 0.2) is 27.8 Å². The molecule has 3 N–H and O–H groups in total. The minimum absolute atomic E-state index is 0.0186. The molecule has 0 unspecified atom stereocenters. The van der Waals surface area contributed by atoms with Crippen molar-refractivity contribution in [2.45, 2.75) is 19.4 Å². The Hall–Kier alpha value is -1.27. The number of halogens is 1. The summed E-state index contributed by atoms with van der Waals surface area (Å²) in [4.78, 5) is 2.08. The Morgan fingerprint density at radius 3 is 2.63 bits per heavy atom. The maximum Gasteiger partial charge on any atom is 0.174 e. The molecule has 0 saturated carbocycles. The third kappa shape index (κ3) is 3.84. The smallest absolute Gasteiger partial charge is 0.174 e. The van der Waals surface area contributed by atoms with Gasteiger partial charge in [-0.15, -0.1) is 0 Å². The standard InChI is InChI=1S/C13H20BrN3O2/c1-13(2,17(3)4)8-19-10-7-5-6-9(14)11(10)12(15)16-18/h5-7,18H,8H2,1-4H3,(H2,15,16). The second kappa shape index (κ2) is 6.25. The molecule has 0 bridgehead atoms. The van der Waals surface area contributed by atoms with Gasteiger partial charge in [-0.25, -0.2) is 0 Å². The van der Waals surface area contributed by atoms with E-state index in [-0.39, 0.29) is 11.4 Å². The van der Waals surface area contributed by atoms with Crippen LogP contribution in [0, 0.1) is 0 Å². The Morgan fingerprint density at radius 1 is 1.47 bits per heavy atom. The van der Waals surface area contributed by atoms with Crippen LogP contribution in [0.3, 0.4) is 0 Å². The summed E-state index contributed by atoms with van der Waals surface area (Å²) in [6.07, 6.45) is 0. The predicted molar refractivity (Wildman–Crippen MR) is 79.9 cm³/mol. The first-order chi connectivity index (χ1) is 8.79. The summed E-state index contributed by atoms with van der Waals surface area (Å²) in [7, 11) is 3.99. The van der Waals surface area contributed by atoms with Crippen molar-refractivity contribution in [3.8, 4) is 5.75 Å². The number of oxime groups is 1. The number of amidine groups is 1. The summed E-state index contributed by atoms with van der Waals surface area (Å²) in [5, 5.41) is 11.9. The first-order valence-corrected chi connectivity index (χ1v) is 6.65. The van der Waals surface area contributed by atoms with E-state index in [1.54, 1.807) is 6.07 Å². The lowest BCUT2D eigenvalue weighted by Gasteiger charge is -2.32. The van der Waals surface area contributed by atoms with Crippen molar-refractivity contribution >= 4 is 21.8 Å². The van der Waals surface area contributed by atoms with Gasteiger partial charge in [-0.2, -0.15) is 0 Å². The fourth-order valence-corrected chi connectivity index (χ4v) is 1.86. The topological polar surface area (TPSA) is 71.1 Å². The van der Waals surface area contributed by atoms with Crippen molar-refractivity contribution in [3.05, 3.63) is 28.2 Å². The number of hydrogen-bond acceptors (Lipinski definition) is 4. The quantitative estimate of drug-likeness (QED) is 0.376. The van der Waals surface area contributed by atoms with Gasteiger partial charge in [0, 0.05) is 10.0 Å². The third-order valence-corrected chi connectivity index (χ3v) is 3.79. The molecule has 0 spiro atoms. The molecule has 0 fully saturated rings. The fourth-order valence-electron chi connectivity index (χ4n) is 1.31. The summed E-state index contributed by atoms with van der Waals surface area (Å²) in [5.74, 6) is 0.602. The van der Waals surface area contributed by atoms with Crippen LogP contribution in [0.1, 0.15) is 19.4 Å². The lowest BCUT2D eigenvalue weighted by Crippen LogP contribution is -2.43. The van der Waals surface area contributed by atoms with Crippen molar-refractivity contribution < 1.29 is 9.94 Å². The van der Waals surface area contributed by atoms with Gasteiger partial charge in [-0.1, -0.05) is 11.2 Å². The van der Waals surface area contributed by atoms with Crippen LogP contribution in [-0.2, 0) is 0 Å². The van der Waals surface area contributed by atoms with Gasteiger partial charge < -0.3 is 20.6 Å². The highest BCUT2D eigenvalue weighted by Gasteiger charge is 2.22. The number of nitrogens with zero attached hydrogens (tertiary/aromatic N) is 2. The Bertz CT molecular complexity index is 473. The first kappa shape index (κ1) is 15.8. The van der Waals surface area contributed by atoms with Gasteiger partial charge in [-0.05, 0) is 56.0 Å². The van der Waals surface area contributed by atoms with Gasteiger partial charge in [0.15, 0.2) is 5.84 Å². The van der Waals surface area contributed by atoms with Gasteiger partial charge in [0.1, 0.15) is 12.4 Å². The second-order valence-corrected chi connectivity index (χ2v) is 5.95. The molecule has 0 atom stereocenters. The van der Waals surface area contributed by atoms with E-state index in [2.05, 4.69) is 39.8 Å². The molecule has 0 aliphatic carbocycles. The van der Waals surface area contributed by atoms with Gasteiger partial charge in [0.05, 0.1) is 5.56 Å². The van der Waals surface area contributed by atoms with E-state index < -0.39 is 0 Å². The molecule has 6 heteroatoms. The number of benzene rings is 1. The van der Waals surface area contributed by atoms with Crippen LogP contribution in [-0.4, -0.2) is 42.2 Å². The van der Waals surface area contributed by atoms with Crippen LogP contribution in [0.4, 0.5) is 0 Å². The van der Waals surface area contributed by atoms with E-state index in [0.29, 0.717) is 17.9 Å². The Morgan fingerprint density at radius 2 is 2.11 bits per heavy atom. The van der Waals surface area contributed by atoms with Crippen LogP contribution in [0.2, 0.25) is 0 Å². The Kier molecular flexibility index (Phi) is 5.20. The van der Waals surface area contributed by atoms with E-state index in [0.717, 1.165) is 4.47 Å². The molecule has 0 amide bonds. The van der Waals surface area contributed by atoms with Gasteiger partial charge in [0.25, 0.3) is 0 Å². The molecule has 1 aromatic rings. The molecule has 106 valence electrons. The van der Waals surface area contributed by atoms with E-state index in [1.165, 1.54) is 0 Å². The molecular weight excluding hydrogens is 310 g/mol. The molecule has 0 aliphatic rings. The molecular formula is C13H20BrN3O2. The zero-order valence-electron chi connectivity index (χ0n) is 11.6. The minimum atomic E-state index is -0.120. The average molecular weight is 330 g/mol. The maximum atomic E-state index is 8.83. The molecule has 0 aromatic heterocycles. The summed E-state index contributed by atoms with van der Waals surface area (Å²) in [6, 6.07) is 5.46. The molecule has 0 radical (unpaired) electrons. The highest BCUT2D eigenvalue weighted by Crippen LogP contribution is 2.27. The zero-order valence-corrected chi connectivity index (χ0v) is 13.2. The van der Waals surface area contributed by atoms with Crippen LogP contribution >= 0.6 is 15.9 Å². The average Bonchev–Trinajstić information content (AvgIpc) is 2.35. The van der Waals surface area contributed by atoms with Gasteiger partial charge in [-0.3, -0.25) is 0 Å². The second-order valence-electron chi connectivity index (χ2n) is 5.09. The van der Waals surface area contributed by atoms with E-state index in [1.807, 2.05) is 26.2 Å². The van der Waals surface area contributed by atoms with Crippen LogP contribution in [0.5, 0.6) is 5.75 Å². The van der Waals surface area contributed by atoms with E-state index in [4.69, 9.17) is 15.7 Å². The highest BCUT2D eigenvalue weighted by atomic mass is 79.9. The Labute approximate surface area is 122 Å². The monoisotopic (exact) mass is 329 g/mol. The molecule has 0 heterocycles. The number of rotatable bonds is 5. The van der Waals surface area contributed by atoms with Crippen LogP contribution < -0.4 is 10.5 Å². The normalized spacial score (nSPS) is 12.8. The SMILES string of the molecule is CN(C)C(C)(C)COc1cccc(Br)c1/C(N)=N/O. The largest absolute Gasteiger partial charge is 0.491 e. The predicted octanol–water partition coefficient (Wildman–Crippen LogP) is 2.26.